The van der Waals surface area contributed by atoms with Crippen LogP contribution >= 0.6 is 0 Å². The van der Waals surface area contributed by atoms with E-state index in [0.717, 1.165) is 0 Å². The van der Waals surface area contributed by atoms with E-state index >= 15 is 0 Å². The molecule has 6 heteroatoms. The first-order chi connectivity index (χ1) is 6.63. The molecule has 4 nitrogen and oxygen atoms in total. The van der Waals surface area contributed by atoms with E-state index in [4.69, 9.17) is 4.74 Å². The summed E-state index contributed by atoms with van der Waals surface area (Å²) >= 11 is 0. The second kappa shape index (κ2) is 5.21. The maximum absolute atomic E-state index is 12.0. The lowest BCUT2D eigenvalue weighted by Gasteiger charge is -2.30. The number of methoxy groups -OCH3 is 1. The SMILES string of the molecule is COC(=O)C1CN(CC(F)F)CCO1. The van der Waals surface area contributed by atoms with Crippen LogP contribution in [-0.4, -0.2) is 56.7 Å². The molecule has 1 heterocycles. The van der Waals surface area contributed by atoms with Gasteiger partial charge in [-0.2, -0.15) is 0 Å². The Kier molecular flexibility index (Phi) is 4.21. The molecule has 14 heavy (non-hydrogen) atoms. The maximum Gasteiger partial charge on any atom is 0.336 e. The van der Waals surface area contributed by atoms with E-state index in [1.54, 1.807) is 0 Å². The highest BCUT2D eigenvalue weighted by Gasteiger charge is 2.28. The quantitative estimate of drug-likeness (QED) is 0.619. The molecule has 0 N–H and O–H groups in total. The van der Waals surface area contributed by atoms with Crippen molar-refractivity contribution >= 4 is 5.97 Å². The Balaban J connectivity index is 2.39. The smallest absolute Gasteiger partial charge is 0.336 e. The van der Waals surface area contributed by atoms with E-state index in [9.17, 15) is 13.6 Å². The molecule has 0 amide bonds. The first-order valence-electron chi connectivity index (χ1n) is 4.33. The molecule has 1 rings (SSSR count). The van der Waals surface area contributed by atoms with Crippen LogP contribution in [0.1, 0.15) is 0 Å². The lowest BCUT2D eigenvalue weighted by Crippen LogP contribution is -2.47. The van der Waals surface area contributed by atoms with Gasteiger partial charge in [-0.3, -0.25) is 4.90 Å². The summed E-state index contributed by atoms with van der Waals surface area (Å²) in [5, 5.41) is 0. The molecule has 1 fully saturated rings. The summed E-state index contributed by atoms with van der Waals surface area (Å²) in [5.41, 5.74) is 0. The molecule has 1 unspecified atom stereocenters. The summed E-state index contributed by atoms with van der Waals surface area (Å²) in [6.07, 6.45) is -3.11. The van der Waals surface area contributed by atoms with Crippen molar-refractivity contribution < 1.29 is 23.0 Å². The van der Waals surface area contributed by atoms with Crippen LogP contribution in [0, 0.1) is 0 Å². The van der Waals surface area contributed by atoms with Gasteiger partial charge in [0.25, 0.3) is 6.43 Å². The molecule has 1 aliphatic heterocycles. The van der Waals surface area contributed by atoms with Crippen molar-refractivity contribution in [1.82, 2.24) is 4.90 Å². The molecule has 0 aromatic heterocycles. The second-order valence-electron chi connectivity index (χ2n) is 3.03. The number of morpholine rings is 1. The zero-order chi connectivity index (χ0) is 10.6. The molecule has 0 radical (unpaired) electrons. The van der Waals surface area contributed by atoms with Gasteiger partial charge in [-0.1, -0.05) is 0 Å². The van der Waals surface area contributed by atoms with Crippen LogP contribution in [-0.2, 0) is 14.3 Å². The van der Waals surface area contributed by atoms with Crippen molar-refractivity contribution in [2.24, 2.45) is 0 Å². The first-order valence-corrected chi connectivity index (χ1v) is 4.33. The average Bonchev–Trinajstić information content (AvgIpc) is 2.16. The lowest BCUT2D eigenvalue weighted by atomic mass is 10.3. The van der Waals surface area contributed by atoms with Gasteiger partial charge in [-0.05, 0) is 0 Å². The van der Waals surface area contributed by atoms with Crippen molar-refractivity contribution in [1.29, 1.82) is 0 Å². The number of ether oxygens (including phenoxy) is 2. The topological polar surface area (TPSA) is 38.8 Å². The average molecular weight is 209 g/mol. The number of halogens is 2. The number of carbonyl (C=O) groups is 1. The maximum atomic E-state index is 12.0. The highest BCUT2D eigenvalue weighted by atomic mass is 19.3. The third-order valence-corrected chi connectivity index (χ3v) is 2.01. The fraction of sp³-hybridized carbons (Fsp3) is 0.875. The predicted octanol–water partition coefficient (Wildman–Crippen LogP) is 0.125. The first kappa shape index (κ1) is 11.3. The van der Waals surface area contributed by atoms with Crippen LogP contribution in [0.4, 0.5) is 8.78 Å². The Morgan fingerprint density at radius 3 is 3.00 bits per heavy atom. The summed E-state index contributed by atoms with van der Waals surface area (Å²) in [7, 11) is 1.25. The van der Waals surface area contributed by atoms with Gasteiger partial charge in [0.1, 0.15) is 0 Å². The molecule has 1 saturated heterocycles. The number of hydrogen-bond donors (Lipinski definition) is 0. The van der Waals surface area contributed by atoms with Crippen molar-refractivity contribution in [2.75, 3.05) is 33.4 Å². The van der Waals surface area contributed by atoms with Gasteiger partial charge in [-0.15, -0.1) is 0 Å². The molecule has 0 saturated carbocycles. The van der Waals surface area contributed by atoms with Crippen LogP contribution in [0.25, 0.3) is 0 Å². The minimum Gasteiger partial charge on any atom is -0.467 e. The number of nitrogens with zero attached hydrogens (tertiary/aromatic N) is 1. The van der Waals surface area contributed by atoms with Gasteiger partial charge < -0.3 is 9.47 Å². The van der Waals surface area contributed by atoms with Crippen molar-refractivity contribution in [3.8, 4) is 0 Å². The van der Waals surface area contributed by atoms with Gasteiger partial charge in [0, 0.05) is 13.1 Å². The predicted molar refractivity (Wildman–Crippen MR) is 44.2 cm³/mol. The highest BCUT2D eigenvalue weighted by molar-refractivity contribution is 5.74. The molecule has 1 atom stereocenters. The summed E-state index contributed by atoms with van der Waals surface area (Å²) in [4.78, 5) is 12.5. The molecule has 0 aromatic rings. The number of hydrogen-bond acceptors (Lipinski definition) is 4. The van der Waals surface area contributed by atoms with Crippen LogP contribution < -0.4 is 0 Å². The summed E-state index contributed by atoms with van der Waals surface area (Å²) < 4.78 is 33.6. The second-order valence-corrected chi connectivity index (χ2v) is 3.03. The van der Waals surface area contributed by atoms with Crippen LogP contribution in [0.5, 0.6) is 0 Å². The molecule has 82 valence electrons. The number of rotatable bonds is 3. The molecule has 1 aliphatic rings. The standard InChI is InChI=1S/C8H13F2NO3/c1-13-8(12)6-4-11(2-3-14-6)5-7(9)10/h6-7H,2-5H2,1H3. The van der Waals surface area contributed by atoms with Gasteiger partial charge in [0.15, 0.2) is 6.10 Å². The highest BCUT2D eigenvalue weighted by Crippen LogP contribution is 2.08. The van der Waals surface area contributed by atoms with Gasteiger partial charge >= 0.3 is 5.97 Å². The van der Waals surface area contributed by atoms with E-state index in [2.05, 4.69) is 4.74 Å². The third-order valence-electron chi connectivity index (χ3n) is 2.01. The fourth-order valence-corrected chi connectivity index (χ4v) is 1.34. The molecular weight excluding hydrogens is 196 g/mol. The Morgan fingerprint density at radius 2 is 2.43 bits per heavy atom. The molecule has 0 aliphatic carbocycles. The summed E-state index contributed by atoms with van der Waals surface area (Å²) in [5.74, 6) is -0.510. The van der Waals surface area contributed by atoms with Crippen LogP contribution in [0.3, 0.4) is 0 Å². The Labute approximate surface area is 80.8 Å². The van der Waals surface area contributed by atoms with Gasteiger partial charge in [0.2, 0.25) is 0 Å². The fourth-order valence-electron chi connectivity index (χ4n) is 1.34. The van der Waals surface area contributed by atoms with Gasteiger partial charge in [0.05, 0.1) is 20.3 Å². The minimum atomic E-state index is -2.38. The van der Waals surface area contributed by atoms with Crippen molar-refractivity contribution in [3.05, 3.63) is 0 Å². The largest absolute Gasteiger partial charge is 0.467 e. The van der Waals surface area contributed by atoms with E-state index in [-0.39, 0.29) is 19.7 Å². The zero-order valence-corrected chi connectivity index (χ0v) is 7.91. The molecule has 0 bridgehead atoms. The Bertz CT molecular complexity index is 201. The van der Waals surface area contributed by atoms with Crippen LogP contribution in [0.2, 0.25) is 0 Å². The van der Waals surface area contributed by atoms with Crippen molar-refractivity contribution in [3.63, 3.8) is 0 Å². The number of carbonyl (C=O) groups excluding carboxylic acids is 1. The zero-order valence-electron chi connectivity index (χ0n) is 7.91. The van der Waals surface area contributed by atoms with Gasteiger partial charge in [-0.25, -0.2) is 13.6 Å². The van der Waals surface area contributed by atoms with E-state index in [1.165, 1.54) is 12.0 Å². The molecule has 0 aromatic carbocycles. The number of alkyl halides is 2. The Hall–Kier alpha value is -0.750. The minimum absolute atomic E-state index is 0.178. The third kappa shape index (κ3) is 3.19. The van der Waals surface area contributed by atoms with E-state index in [1.807, 2.05) is 0 Å². The van der Waals surface area contributed by atoms with E-state index < -0.39 is 18.5 Å². The number of esters is 1. The normalized spacial score (nSPS) is 23.9. The summed E-state index contributed by atoms with van der Waals surface area (Å²) in [6, 6.07) is 0. The Morgan fingerprint density at radius 1 is 1.71 bits per heavy atom. The summed E-state index contributed by atoms with van der Waals surface area (Å²) in [6.45, 7) is 0.568. The van der Waals surface area contributed by atoms with Crippen LogP contribution in [0.15, 0.2) is 0 Å². The monoisotopic (exact) mass is 209 g/mol. The molecular formula is C8H13F2NO3. The molecule has 0 spiro atoms. The van der Waals surface area contributed by atoms with E-state index in [0.29, 0.717) is 6.54 Å². The van der Waals surface area contributed by atoms with Crippen molar-refractivity contribution in [2.45, 2.75) is 12.5 Å². The lowest BCUT2D eigenvalue weighted by molar-refractivity contribution is -0.160.